The molecule has 0 spiro atoms. The van der Waals surface area contributed by atoms with Crippen LogP contribution in [0.25, 0.3) is 11.3 Å². The van der Waals surface area contributed by atoms with Gasteiger partial charge in [-0.25, -0.2) is 4.98 Å². The second kappa shape index (κ2) is 6.62. The maximum absolute atomic E-state index is 12.1. The lowest BCUT2D eigenvalue weighted by molar-refractivity contribution is -0.115. The van der Waals surface area contributed by atoms with Gasteiger partial charge in [-0.1, -0.05) is 29.8 Å². The van der Waals surface area contributed by atoms with Gasteiger partial charge in [-0.2, -0.15) is 0 Å². The van der Waals surface area contributed by atoms with Crippen molar-refractivity contribution >= 4 is 28.6 Å². The largest absolute Gasteiger partial charge is 0.399 e. The number of carbonyl (C=O) groups excluding carboxylic acids is 1. The summed E-state index contributed by atoms with van der Waals surface area (Å²) in [5, 5.41) is 5.62. The average Bonchev–Trinajstić information content (AvgIpc) is 2.98. The number of rotatable bonds is 4. The Bertz CT molecular complexity index is 824. The summed E-state index contributed by atoms with van der Waals surface area (Å²) in [5.41, 5.74) is 10.3. The first-order valence-corrected chi connectivity index (χ1v) is 8.15. The Labute approximate surface area is 139 Å². The van der Waals surface area contributed by atoms with Crippen LogP contribution in [0.2, 0.25) is 0 Å². The predicted molar refractivity (Wildman–Crippen MR) is 95.5 cm³/mol. The first kappa shape index (κ1) is 15.2. The van der Waals surface area contributed by atoms with Gasteiger partial charge in [0.2, 0.25) is 5.91 Å². The zero-order chi connectivity index (χ0) is 16.2. The molecule has 23 heavy (non-hydrogen) atoms. The van der Waals surface area contributed by atoms with E-state index in [2.05, 4.69) is 10.3 Å². The molecule has 2 aromatic carbocycles. The van der Waals surface area contributed by atoms with Gasteiger partial charge in [0.15, 0.2) is 0 Å². The number of aryl methyl sites for hydroxylation is 1. The SMILES string of the molecule is Cc1ccc(NC(=O)Cc2nc(-c3cccc(N)c3)cs2)cc1. The van der Waals surface area contributed by atoms with Crippen LogP contribution < -0.4 is 11.1 Å². The summed E-state index contributed by atoms with van der Waals surface area (Å²) in [6.07, 6.45) is 0.265. The fraction of sp³-hybridized carbons (Fsp3) is 0.111. The van der Waals surface area contributed by atoms with Crippen LogP contribution >= 0.6 is 11.3 Å². The van der Waals surface area contributed by atoms with Crippen LogP contribution in [0.3, 0.4) is 0 Å². The molecule has 0 unspecified atom stereocenters. The maximum atomic E-state index is 12.1. The van der Waals surface area contributed by atoms with E-state index in [0.29, 0.717) is 5.69 Å². The first-order chi connectivity index (χ1) is 11.1. The van der Waals surface area contributed by atoms with Gasteiger partial charge in [0.1, 0.15) is 5.01 Å². The minimum absolute atomic E-state index is 0.0673. The smallest absolute Gasteiger partial charge is 0.231 e. The van der Waals surface area contributed by atoms with E-state index in [0.717, 1.165) is 27.5 Å². The third kappa shape index (κ3) is 3.96. The Balaban J connectivity index is 1.66. The Morgan fingerprint density at radius 2 is 2.00 bits per heavy atom. The van der Waals surface area contributed by atoms with Crippen molar-refractivity contribution < 1.29 is 4.79 Å². The van der Waals surface area contributed by atoms with E-state index in [9.17, 15) is 4.79 Å². The van der Waals surface area contributed by atoms with Crippen LogP contribution in [0.15, 0.2) is 53.9 Å². The number of nitrogens with zero attached hydrogens (tertiary/aromatic N) is 1. The number of benzene rings is 2. The van der Waals surface area contributed by atoms with Gasteiger partial charge < -0.3 is 11.1 Å². The molecule has 0 fully saturated rings. The zero-order valence-electron chi connectivity index (χ0n) is 12.7. The quantitative estimate of drug-likeness (QED) is 0.716. The molecular weight excluding hydrogens is 306 g/mol. The third-order valence-corrected chi connectivity index (χ3v) is 4.23. The lowest BCUT2D eigenvalue weighted by Gasteiger charge is -2.04. The van der Waals surface area contributed by atoms with E-state index < -0.39 is 0 Å². The molecule has 0 bridgehead atoms. The standard InChI is InChI=1S/C18H17N3OS/c1-12-5-7-15(8-6-12)20-17(22)10-18-21-16(11-23-18)13-3-2-4-14(19)9-13/h2-9,11H,10,19H2,1H3,(H,20,22). The molecule has 5 heteroatoms. The second-order valence-corrected chi connectivity index (χ2v) is 6.29. The maximum Gasteiger partial charge on any atom is 0.231 e. The summed E-state index contributed by atoms with van der Waals surface area (Å²) in [4.78, 5) is 16.6. The zero-order valence-corrected chi connectivity index (χ0v) is 13.6. The molecule has 3 rings (SSSR count). The Hall–Kier alpha value is -2.66. The number of hydrogen-bond donors (Lipinski definition) is 2. The van der Waals surface area contributed by atoms with Crippen molar-refractivity contribution in [3.8, 4) is 11.3 Å². The van der Waals surface area contributed by atoms with Crippen LogP contribution in [0.1, 0.15) is 10.6 Å². The molecule has 0 radical (unpaired) electrons. The molecule has 0 saturated heterocycles. The van der Waals surface area contributed by atoms with Crippen LogP contribution in [0.5, 0.6) is 0 Å². The molecule has 1 heterocycles. The Kier molecular flexibility index (Phi) is 4.39. The van der Waals surface area contributed by atoms with Gasteiger partial charge >= 0.3 is 0 Å². The van der Waals surface area contributed by atoms with Crippen molar-refractivity contribution in [2.24, 2.45) is 0 Å². The molecule has 0 aliphatic heterocycles. The van der Waals surface area contributed by atoms with Crippen molar-refractivity contribution in [3.63, 3.8) is 0 Å². The first-order valence-electron chi connectivity index (χ1n) is 7.27. The average molecular weight is 323 g/mol. The van der Waals surface area contributed by atoms with E-state index in [-0.39, 0.29) is 12.3 Å². The summed E-state index contributed by atoms with van der Waals surface area (Å²) in [7, 11) is 0. The molecule has 3 aromatic rings. The number of hydrogen-bond acceptors (Lipinski definition) is 4. The number of nitrogen functional groups attached to an aromatic ring is 1. The molecule has 4 nitrogen and oxygen atoms in total. The van der Waals surface area contributed by atoms with Crippen molar-refractivity contribution in [2.45, 2.75) is 13.3 Å². The molecule has 1 aromatic heterocycles. The summed E-state index contributed by atoms with van der Waals surface area (Å²) >= 11 is 1.48. The Morgan fingerprint density at radius 3 is 2.74 bits per heavy atom. The molecule has 0 saturated carbocycles. The van der Waals surface area contributed by atoms with E-state index in [4.69, 9.17) is 5.73 Å². The second-order valence-electron chi connectivity index (χ2n) is 5.34. The van der Waals surface area contributed by atoms with Gasteiger partial charge in [0, 0.05) is 22.3 Å². The highest BCUT2D eigenvalue weighted by Gasteiger charge is 2.09. The van der Waals surface area contributed by atoms with E-state index in [1.165, 1.54) is 11.3 Å². The fourth-order valence-corrected chi connectivity index (χ4v) is 3.00. The number of amides is 1. The minimum atomic E-state index is -0.0673. The van der Waals surface area contributed by atoms with Gasteiger partial charge in [-0.05, 0) is 31.2 Å². The highest BCUT2D eigenvalue weighted by Crippen LogP contribution is 2.24. The van der Waals surface area contributed by atoms with Crippen molar-refractivity contribution in [3.05, 3.63) is 64.5 Å². The monoisotopic (exact) mass is 323 g/mol. The van der Waals surface area contributed by atoms with Crippen LogP contribution in [0, 0.1) is 6.92 Å². The van der Waals surface area contributed by atoms with Crippen molar-refractivity contribution in [1.29, 1.82) is 0 Å². The number of anilines is 2. The Morgan fingerprint density at radius 1 is 1.22 bits per heavy atom. The number of nitrogens with one attached hydrogen (secondary N) is 1. The van der Waals surface area contributed by atoms with E-state index in [1.807, 2.05) is 60.8 Å². The van der Waals surface area contributed by atoms with E-state index >= 15 is 0 Å². The lowest BCUT2D eigenvalue weighted by Crippen LogP contribution is -2.14. The minimum Gasteiger partial charge on any atom is -0.399 e. The van der Waals surface area contributed by atoms with Crippen molar-refractivity contribution in [1.82, 2.24) is 4.98 Å². The van der Waals surface area contributed by atoms with Gasteiger partial charge in [0.05, 0.1) is 12.1 Å². The molecule has 116 valence electrons. The van der Waals surface area contributed by atoms with E-state index in [1.54, 1.807) is 0 Å². The third-order valence-electron chi connectivity index (χ3n) is 3.38. The summed E-state index contributed by atoms with van der Waals surface area (Å²) in [5.74, 6) is -0.0673. The van der Waals surface area contributed by atoms with Gasteiger partial charge in [0.25, 0.3) is 0 Å². The fourth-order valence-electron chi connectivity index (χ4n) is 2.20. The molecule has 0 atom stereocenters. The van der Waals surface area contributed by atoms with Crippen molar-refractivity contribution in [2.75, 3.05) is 11.1 Å². The molecule has 0 aliphatic rings. The highest BCUT2D eigenvalue weighted by atomic mass is 32.1. The highest BCUT2D eigenvalue weighted by molar-refractivity contribution is 7.10. The molecule has 0 aliphatic carbocycles. The summed E-state index contributed by atoms with van der Waals surface area (Å²) in [6, 6.07) is 15.3. The molecular formula is C18H17N3OS. The van der Waals surface area contributed by atoms with Crippen LogP contribution in [0.4, 0.5) is 11.4 Å². The number of nitrogens with two attached hydrogens (primary N) is 1. The lowest BCUT2D eigenvalue weighted by atomic mass is 10.1. The van der Waals surface area contributed by atoms with Gasteiger partial charge in [-0.3, -0.25) is 4.79 Å². The summed E-state index contributed by atoms with van der Waals surface area (Å²) in [6.45, 7) is 2.01. The predicted octanol–water partition coefficient (Wildman–Crippen LogP) is 3.88. The normalized spacial score (nSPS) is 10.5. The number of aromatic nitrogens is 1. The molecule has 1 amide bonds. The van der Waals surface area contributed by atoms with Crippen LogP contribution in [-0.2, 0) is 11.2 Å². The molecule has 3 N–H and O–H groups in total. The topological polar surface area (TPSA) is 68.0 Å². The summed E-state index contributed by atoms with van der Waals surface area (Å²) < 4.78 is 0. The number of thiazole rings is 1. The van der Waals surface area contributed by atoms with Crippen LogP contribution in [-0.4, -0.2) is 10.9 Å². The van der Waals surface area contributed by atoms with Gasteiger partial charge in [-0.15, -0.1) is 11.3 Å². The number of carbonyl (C=O) groups is 1.